The molecule has 6 nitrogen and oxygen atoms in total. The highest BCUT2D eigenvalue weighted by atomic mass is 16.3. The molecule has 6 rings (SSSR count). The van der Waals surface area contributed by atoms with E-state index in [0.29, 0.717) is 11.8 Å². The third-order valence-corrected chi connectivity index (χ3v) is 7.53. The number of piperidine rings is 3. The van der Waals surface area contributed by atoms with Gasteiger partial charge in [0.25, 0.3) is 0 Å². The molecule has 2 aromatic carbocycles. The molecule has 4 heterocycles. The van der Waals surface area contributed by atoms with Crippen LogP contribution in [0.25, 0.3) is 10.9 Å². The zero-order chi connectivity index (χ0) is 23.5. The molecule has 0 saturated carbocycles. The van der Waals surface area contributed by atoms with Crippen LogP contribution < -0.4 is 10.6 Å². The number of carbonyl (C=O) groups is 1. The van der Waals surface area contributed by atoms with Crippen LogP contribution in [0, 0.1) is 11.8 Å². The van der Waals surface area contributed by atoms with Gasteiger partial charge in [0.05, 0.1) is 24.2 Å². The summed E-state index contributed by atoms with van der Waals surface area (Å²) in [6.07, 6.45) is 6.10. The molecular formula is C28H32N4O2. The Labute approximate surface area is 200 Å². The first-order valence-corrected chi connectivity index (χ1v) is 12.1. The minimum atomic E-state index is -0.468. The number of aliphatic hydroxyl groups is 1. The summed E-state index contributed by atoms with van der Waals surface area (Å²) in [5, 5.41) is 17.3. The molecule has 3 fully saturated rings. The third-order valence-electron chi connectivity index (χ3n) is 7.53. The molecule has 3 aliphatic heterocycles. The number of fused-ring (bicyclic) bond motifs is 4. The molecule has 3 saturated heterocycles. The van der Waals surface area contributed by atoms with Crippen LogP contribution in [0.1, 0.15) is 36.1 Å². The average Bonchev–Trinajstić information content (AvgIpc) is 2.90. The number of rotatable bonds is 7. The molecule has 176 valence electrons. The van der Waals surface area contributed by atoms with Gasteiger partial charge >= 0.3 is 6.03 Å². The molecule has 3 aromatic rings. The number of carbonyl (C=O) groups excluding carboxylic acids is 1. The number of urea groups is 1. The molecule has 0 radical (unpaired) electrons. The van der Waals surface area contributed by atoms with E-state index in [1.807, 2.05) is 60.8 Å². The van der Waals surface area contributed by atoms with Gasteiger partial charge in [0.15, 0.2) is 0 Å². The molecule has 2 amide bonds. The molecular weight excluding hydrogens is 424 g/mol. The van der Waals surface area contributed by atoms with Crippen LogP contribution in [0.4, 0.5) is 4.79 Å². The van der Waals surface area contributed by atoms with Crippen LogP contribution in [0.3, 0.4) is 0 Å². The van der Waals surface area contributed by atoms with Crippen LogP contribution in [0.2, 0.25) is 0 Å². The quantitative estimate of drug-likeness (QED) is 0.466. The summed E-state index contributed by atoms with van der Waals surface area (Å²) < 4.78 is 0. The number of para-hydroxylation sites is 1. The lowest BCUT2D eigenvalue weighted by atomic mass is 9.73. The summed E-state index contributed by atoms with van der Waals surface area (Å²) >= 11 is 0. The highest BCUT2D eigenvalue weighted by molar-refractivity contribution is 5.83. The van der Waals surface area contributed by atoms with Crippen molar-refractivity contribution in [3.63, 3.8) is 0 Å². The highest BCUT2D eigenvalue weighted by Gasteiger charge is 2.43. The summed E-state index contributed by atoms with van der Waals surface area (Å²) in [4.78, 5) is 20.3. The monoisotopic (exact) mass is 456 g/mol. The van der Waals surface area contributed by atoms with E-state index in [-0.39, 0.29) is 24.7 Å². The second-order valence-corrected chi connectivity index (χ2v) is 9.40. The first-order chi connectivity index (χ1) is 16.7. The Bertz CT molecular complexity index is 1150. The smallest absolute Gasteiger partial charge is 0.315 e. The Morgan fingerprint density at radius 1 is 1.15 bits per heavy atom. The number of benzene rings is 2. The van der Waals surface area contributed by atoms with Crippen molar-refractivity contribution in [1.29, 1.82) is 0 Å². The van der Waals surface area contributed by atoms with E-state index in [1.165, 1.54) is 6.42 Å². The lowest BCUT2D eigenvalue weighted by molar-refractivity contribution is 0.00303. The third kappa shape index (κ3) is 4.43. The van der Waals surface area contributed by atoms with Crippen molar-refractivity contribution in [1.82, 2.24) is 20.5 Å². The van der Waals surface area contributed by atoms with Gasteiger partial charge in [-0.3, -0.25) is 9.88 Å². The van der Waals surface area contributed by atoms with Gasteiger partial charge in [0, 0.05) is 24.2 Å². The molecule has 34 heavy (non-hydrogen) atoms. The van der Waals surface area contributed by atoms with Gasteiger partial charge in [-0.2, -0.15) is 0 Å². The minimum absolute atomic E-state index is 0.168. The van der Waals surface area contributed by atoms with E-state index in [1.54, 1.807) is 0 Å². The Kier molecular flexibility index (Phi) is 6.61. The molecule has 1 aromatic heterocycles. The summed E-state index contributed by atoms with van der Waals surface area (Å²) in [6.45, 7) is 5.90. The molecule has 0 aliphatic carbocycles. The summed E-state index contributed by atoms with van der Waals surface area (Å²) in [5.41, 5.74) is 2.87. The van der Waals surface area contributed by atoms with Crippen molar-refractivity contribution in [2.24, 2.45) is 11.8 Å². The first-order valence-electron chi connectivity index (χ1n) is 12.1. The van der Waals surface area contributed by atoms with Crippen molar-refractivity contribution in [3.8, 4) is 0 Å². The van der Waals surface area contributed by atoms with Crippen molar-refractivity contribution in [2.45, 2.75) is 31.0 Å². The van der Waals surface area contributed by atoms with Gasteiger partial charge in [-0.25, -0.2) is 4.79 Å². The lowest BCUT2D eigenvalue weighted by Gasteiger charge is -2.51. The fraction of sp³-hybridized carbons (Fsp3) is 0.357. The average molecular weight is 457 g/mol. The summed E-state index contributed by atoms with van der Waals surface area (Å²) in [5.74, 6) is 1.09. The number of hydrogen-bond acceptors (Lipinski definition) is 4. The Morgan fingerprint density at radius 3 is 2.68 bits per heavy atom. The van der Waals surface area contributed by atoms with Gasteiger partial charge in [-0.1, -0.05) is 54.6 Å². The number of aromatic nitrogens is 1. The predicted octanol–water partition coefficient (Wildman–Crippen LogP) is 4.21. The van der Waals surface area contributed by atoms with Crippen molar-refractivity contribution in [3.05, 3.63) is 90.6 Å². The van der Waals surface area contributed by atoms with E-state index in [9.17, 15) is 9.90 Å². The second-order valence-electron chi connectivity index (χ2n) is 9.40. The maximum Gasteiger partial charge on any atom is 0.315 e. The topological polar surface area (TPSA) is 77.5 Å². The van der Waals surface area contributed by atoms with Crippen molar-refractivity contribution in [2.75, 3.05) is 19.7 Å². The Balaban J connectivity index is 1.45. The molecule has 2 bridgehead atoms. The highest BCUT2D eigenvalue weighted by Crippen LogP contribution is 2.42. The van der Waals surface area contributed by atoms with E-state index >= 15 is 0 Å². The molecule has 0 spiro atoms. The maximum atomic E-state index is 13.3. The Hall–Kier alpha value is -3.22. The summed E-state index contributed by atoms with van der Waals surface area (Å²) in [7, 11) is 0. The zero-order valence-electron chi connectivity index (χ0n) is 19.3. The normalized spacial score (nSPS) is 25.4. The maximum absolute atomic E-state index is 13.3. The molecule has 6 heteroatoms. The van der Waals surface area contributed by atoms with Crippen LogP contribution in [-0.2, 0) is 0 Å². The minimum Gasteiger partial charge on any atom is -0.394 e. The van der Waals surface area contributed by atoms with E-state index in [2.05, 4.69) is 39.2 Å². The van der Waals surface area contributed by atoms with Crippen molar-refractivity contribution < 1.29 is 9.90 Å². The number of amides is 2. The molecule has 3 aliphatic rings. The second kappa shape index (κ2) is 9.95. The van der Waals surface area contributed by atoms with E-state index < -0.39 is 6.04 Å². The van der Waals surface area contributed by atoms with Gasteiger partial charge < -0.3 is 15.7 Å². The number of aliphatic hydroxyl groups excluding tert-OH is 1. The van der Waals surface area contributed by atoms with E-state index in [4.69, 9.17) is 0 Å². The van der Waals surface area contributed by atoms with Gasteiger partial charge in [0.2, 0.25) is 0 Å². The Morgan fingerprint density at radius 2 is 1.94 bits per heavy atom. The molecule has 6 atom stereocenters. The fourth-order valence-electron chi connectivity index (χ4n) is 5.76. The van der Waals surface area contributed by atoms with Crippen LogP contribution in [0.15, 0.2) is 79.5 Å². The molecule has 3 N–H and O–H groups in total. The van der Waals surface area contributed by atoms with Gasteiger partial charge in [0.1, 0.15) is 0 Å². The molecule has 1 unspecified atom stereocenters. The number of nitrogens with zero attached hydrogens (tertiary/aromatic N) is 2. The van der Waals surface area contributed by atoms with Gasteiger partial charge in [-0.15, -0.1) is 6.58 Å². The number of hydrogen-bond donors (Lipinski definition) is 3. The largest absolute Gasteiger partial charge is 0.394 e. The standard InChI is InChI=1S/C28H32N4O2/c1-2-19-17-32-15-13-21(19)16-26(32)27(23-12-14-29-24-11-7-6-10-22(23)24)31-28(34)30-25(18-33)20-8-4-3-5-9-20/h2-12,14,19,21,25-27,33H,1,13,15-18H2,(H2,30,31,34)/t19-,21-,25-,26-,27-/m0/s1. The zero-order valence-corrected chi connectivity index (χ0v) is 19.3. The first kappa shape index (κ1) is 22.6. The summed E-state index contributed by atoms with van der Waals surface area (Å²) in [6, 6.07) is 18.9. The van der Waals surface area contributed by atoms with E-state index in [0.717, 1.165) is 41.5 Å². The lowest BCUT2D eigenvalue weighted by Crippen LogP contribution is -2.58. The van der Waals surface area contributed by atoms with Crippen molar-refractivity contribution >= 4 is 16.9 Å². The van der Waals surface area contributed by atoms with Gasteiger partial charge in [-0.05, 0) is 54.5 Å². The fourth-order valence-corrected chi connectivity index (χ4v) is 5.76. The SMILES string of the molecule is C=C[C@H]1CN2CC[C@H]1C[C@H]2[C@@H](NC(=O)N[C@@H](CO)c1ccccc1)c1ccnc2ccccc12. The number of pyridine rings is 1. The number of nitrogens with one attached hydrogen (secondary N) is 2. The van der Waals surface area contributed by atoms with Crippen LogP contribution in [0.5, 0.6) is 0 Å². The van der Waals surface area contributed by atoms with Crippen LogP contribution in [-0.4, -0.2) is 46.8 Å². The van der Waals surface area contributed by atoms with Crippen LogP contribution >= 0.6 is 0 Å². The predicted molar refractivity (Wildman–Crippen MR) is 134 cm³/mol.